The molecule has 10 heavy (non-hydrogen) atoms. The van der Waals surface area contributed by atoms with Gasteiger partial charge in [0.1, 0.15) is 0 Å². The lowest BCUT2D eigenvalue weighted by Gasteiger charge is -1.96. The van der Waals surface area contributed by atoms with Crippen LogP contribution in [0.3, 0.4) is 0 Å². The number of halogens is 2. The number of hydrogen-bond acceptors (Lipinski definition) is 2. The van der Waals surface area contributed by atoms with Crippen LogP contribution < -0.4 is 5.14 Å². The Morgan fingerprint density at radius 3 is 2.20 bits per heavy atom. The molecular formula is C4H9F2NO2S. The molecule has 0 aromatic heterocycles. The number of hydrogen-bond donors (Lipinski definition) is 1. The highest BCUT2D eigenvalue weighted by atomic mass is 32.2. The summed E-state index contributed by atoms with van der Waals surface area (Å²) in [4.78, 5) is 0. The topological polar surface area (TPSA) is 60.2 Å². The standard InChI is InChI=1S/C4H9F2NO2S/c5-4(6)2-1-3-10(7,8)9/h4H,1-3H2,(H2,7,8,9). The molecule has 0 aromatic carbocycles. The van der Waals surface area contributed by atoms with Gasteiger partial charge in [-0.1, -0.05) is 0 Å². The Morgan fingerprint density at radius 1 is 1.40 bits per heavy atom. The Kier molecular flexibility index (Phi) is 3.73. The minimum absolute atomic E-state index is 0.0729. The van der Waals surface area contributed by atoms with Crippen LogP contribution in [0.25, 0.3) is 0 Å². The summed E-state index contributed by atoms with van der Waals surface area (Å²) in [5.74, 6) is -0.364. The second kappa shape index (κ2) is 3.82. The van der Waals surface area contributed by atoms with Crippen LogP contribution in [0.2, 0.25) is 0 Å². The first-order valence-corrected chi connectivity index (χ1v) is 4.42. The van der Waals surface area contributed by atoms with E-state index in [1.165, 1.54) is 0 Å². The number of rotatable bonds is 4. The number of sulfonamides is 1. The molecule has 0 amide bonds. The van der Waals surface area contributed by atoms with Crippen molar-refractivity contribution in [3.8, 4) is 0 Å². The first-order valence-electron chi connectivity index (χ1n) is 2.70. The lowest BCUT2D eigenvalue weighted by molar-refractivity contribution is 0.137. The van der Waals surface area contributed by atoms with Gasteiger partial charge < -0.3 is 0 Å². The maximum Gasteiger partial charge on any atom is 0.238 e. The van der Waals surface area contributed by atoms with E-state index in [9.17, 15) is 17.2 Å². The molecule has 62 valence electrons. The first kappa shape index (κ1) is 9.77. The maximum absolute atomic E-state index is 11.4. The third-order valence-corrected chi connectivity index (χ3v) is 1.71. The molecule has 6 heteroatoms. The van der Waals surface area contributed by atoms with Crippen LogP contribution in [0.1, 0.15) is 12.8 Å². The average molecular weight is 173 g/mol. The SMILES string of the molecule is NS(=O)(=O)CCCC(F)F. The average Bonchev–Trinajstić information content (AvgIpc) is 1.59. The molecule has 0 aliphatic rings. The monoisotopic (exact) mass is 173 g/mol. The van der Waals surface area contributed by atoms with Gasteiger partial charge in [0, 0.05) is 6.42 Å². The van der Waals surface area contributed by atoms with Gasteiger partial charge in [0.15, 0.2) is 0 Å². The van der Waals surface area contributed by atoms with Crippen LogP contribution in [0.4, 0.5) is 8.78 Å². The lowest BCUT2D eigenvalue weighted by atomic mass is 10.4. The van der Waals surface area contributed by atoms with Crippen molar-refractivity contribution in [1.29, 1.82) is 0 Å². The summed E-state index contributed by atoms with van der Waals surface area (Å²) in [6, 6.07) is 0. The fraction of sp³-hybridized carbons (Fsp3) is 1.00. The van der Waals surface area contributed by atoms with Gasteiger partial charge >= 0.3 is 0 Å². The number of primary sulfonamides is 1. The second-order valence-electron chi connectivity index (χ2n) is 1.90. The quantitative estimate of drug-likeness (QED) is 0.665. The van der Waals surface area contributed by atoms with Crippen molar-refractivity contribution in [3.05, 3.63) is 0 Å². The van der Waals surface area contributed by atoms with Gasteiger partial charge in [0.05, 0.1) is 5.75 Å². The van der Waals surface area contributed by atoms with E-state index in [0.29, 0.717) is 0 Å². The molecule has 0 bridgehead atoms. The summed E-state index contributed by atoms with van der Waals surface area (Å²) in [6.45, 7) is 0. The Hall–Kier alpha value is -0.230. The molecule has 0 atom stereocenters. The van der Waals surface area contributed by atoms with Crippen molar-refractivity contribution in [2.75, 3.05) is 5.75 Å². The molecule has 0 rings (SSSR count). The molecule has 0 radical (unpaired) electrons. The van der Waals surface area contributed by atoms with Crippen molar-refractivity contribution in [1.82, 2.24) is 0 Å². The zero-order valence-corrected chi connectivity index (χ0v) is 6.07. The van der Waals surface area contributed by atoms with Crippen molar-refractivity contribution >= 4 is 10.0 Å². The van der Waals surface area contributed by atoms with E-state index in [2.05, 4.69) is 5.14 Å². The van der Waals surface area contributed by atoms with Gasteiger partial charge in [-0.25, -0.2) is 22.3 Å². The predicted molar refractivity (Wildman–Crippen MR) is 33.2 cm³/mol. The highest BCUT2D eigenvalue weighted by Crippen LogP contribution is 2.02. The Bertz CT molecular complexity index is 178. The van der Waals surface area contributed by atoms with E-state index in [4.69, 9.17) is 0 Å². The second-order valence-corrected chi connectivity index (χ2v) is 3.63. The maximum atomic E-state index is 11.4. The summed E-state index contributed by atoms with van der Waals surface area (Å²) in [6.07, 6.45) is -2.92. The molecule has 0 heterocycles. The zero-order chi connectivity index (χ0) is 8.20. The lowest BCUT2D eigenvalue weighted by Crippen LogP contribution is -2.16. The molecule has 0 unspecified atom stereocenters. The van der Waals surface area contributed by atoms with Crippen molar-refractivity contribution in [3.63, 3.8) is 0 Å². The summed E-state index contributed by atoms with van der Waals surface area (Å²) >= 11 is 0. The van der Waals surface area contributed by atoms with Crippen LogP contribution in [-0.4, -0.2) is 20.6 Å². The van der Waals surface area contributed by atoms with Gasteiger partial charge in [-0.15, -0.1) is 0 Å². The van der Waals surface area contributed by atoms with E-state index >= 15 is 0 Å². The molecule has 0 saturated heterocycles. The Labute approximate surface area is 58.3 Å². The molecule has 3 nitrogen and oxygen atoms in total. The van der Waals surface area contributed by atoms with Crippen LogP contribution in [0, 0.1) is 0 Å². The van der Waals surface area contributed by atoms with Gasteiger partial charge in [-0.05, 0) is 6.42 Å². The molecule has 0 saturated carbocycles. The van der Waals surface area contributed by atoms with E-state index < -0.39 is 22.9 Å². The van der Waals surface area contributed by atoms with Gasteiger partial charge in [0.25, 0.3) is 0 Å². The largest absolute Gasteiger partial charge is 0.238 e. The van der Waals surface area contributed by atoms with Gasteiger partial charge in [-0.2, -0.15) is 0 Å². The van der Waals surface area contributed by atoms with Gasteiger partial charge in [0.2, 0.25) is 16.4 Å². The third-order valence-electron chi connectivity index (χ3n) is 0.851. The van der Waals surface area contributed by atoms with E-state index in [0.717, 1.165) is 0 Å². The molecule has 0 spiro atoms. The van der Waals surface area contributed by atoms with E-state index in [1.54, 1.807) is 0 Å². The highest BCUT2D eigenvalue weighted by Gasteiger charge is 2.06. The predicted octanol–water partition coefficient (Wildman–Crippen LogP) is 0.320. The van der Waals surface area contributed by atoms with Crippen LogP contribution in [-0.2, 0) is 10.0 Å². The summed E-state index contributed by atoms with van der Waals surface area (Å²) in [7, 11) is -3.55. The number of alkyl halides is 2. The van der Waals surface area contributed by atoms with Crippen molar-refractivity contribution in [2.45, 2.75) is 19.3 Å². The van der Waals surface area contributed by atoms with Crippen LogP contribution >= 0.6 is 0 Å². The molecular weight excluding hydrogens is 164 g/mol. The van der Waals surface area contributed by atoms with Gasteiger partial charge in [-0.3, -0.25) is 0 Å². The molecule has 2 N–H and O–H groups in total. The zero-order valence-electron chi connectivity index (χ0n) is 5.26. The number of nitrogens with two attached hydrogens (primary N) is 1. The van der Waals surface area contributed by atoms with E-state index in [1.807, 2.05) is 0 Å². The minimum atomic E-state index is -3.55. The summed E-state index contributed by atoms with van der Waals surface area (Å²) < 4.78 is 43.0. The first-order chi connectivity index (χ1) is 4.42. The molecule has 0 aliphatic carbocycles. The normalized spacial score (nSPS) is 12.4. The van der Waals surface area contributed by atoms with Crippen LogP contribution in [0.15, 0.2) is 0 Å². The smallest absolute Gasteiger partial charge is 0.229 e. The Balaban J connectivity index is 3.39. The van der Waals surface area contributed by atoms with Crippen LogP contribution in [0.5, 0.6) is 0 Å². The molecule has 0 fully saturated rings. The molecule has 0 aliphatic heterocycles. The molecule has 0 aromatic rings. The fourth-order valence-electron chi connectivity index (χ4n) is 0.439. The summed E-state index contributed by atoms with van der Waals surface area (Å²) in [5, 5.41) is 4.55. The summed E-state index contributed by atoms with van der Waals surface area (Å²) in [5.41, 5.74) is 0. The fourth-order valence-corrected chi connectivity index (χ4v) is 1.01. The highest BCUT2D eigenvalue weighted by molar-refractivity contribution is 7.89. The minimum Gasteiger partial charge on any atom is -0.229 e. The van der Waals surface area contributed by atoms with Crippen molar-refractivity contribution in [2.24, 2.45) is 5.14 Å². The Morgan fingerprint density at radius 2 is 1.90 bits per heavy atom. The van der Waals surface area contributed by atoms with Crippen molar-refractivity contribution < 1.29 is 17.2 Å². The third kappa shape index (κ3) is 7.77. The van der Waals surface area contributed by atoms with E-state index in [-0.39, 0.29) is 12.2 Å².